The maximum Gasteiger partial charge on any atom is 0.379 e. The summed E-state index contributed by atoms with van der Waals surface area (Å²) in [4.78, 5) is 32.4. The lowest BCUT2D eigenvalue weighted by atomic mass is 10.2. The summed E-state index contributed by atoms with van der Waals surface area (Å²) in [6, 6.07) is 9.09. The van der Waals surface area contributed by atoms with Gasteiger partial charge >= 0.3 is 5.97 Å². The van der Waals surface area contributed by atoms with Gasteiger partial charge in [0.05, 0.1) is 0 Å². The van der Waals surface area contributed by atoms with Crippen molar-refractivity contribution in [3.05, 3.63) is 53.6 Å². The number of amides is 1. The zero-order valence-electron chi connectivity index (χ0n) is 14.1. The van der Waals surface area contributed by atoms with Gasteiger partial charge in [-0.3, -0.25) is 4.79 Å². The zero-order chi connectivity index (χ0) is 18.0. The van der Waals surface area contributed by atoms with Crippen molar-refractivity contribution in [1.82, 2.24) is 19.6 Å². The normalized spacial score (nSPS) is 12.0. The van der Waals surface area contributed by atoms with Gasteiger partial charge in [-0.1, -0.05) is 18.2 Å². The van der Waals surface area contributed by atoms with Gasteiger partial charge in [0.15, 0.2) is 6.10 Å². The number of fused-ring (bicyclic) bond motifs is 1. The fourth-order valence-electron chi connectivity index (χ4n) is 2.21. The number of carbonyl (C=O) groups excluding carboxylic acids is 2. The van der Waals surface area contributed by atoms with E-state index in [0.29, 0.717) is 11.5 Å². The minimum atomic E-state index is -0.993. The van der Waals surface area contributed by atoms with Gasteiger partial charge in [0.1, 0.15) is 0 Å². The lowest BCUT2D eigenvalue weighted by Crippen LogP contribution is -2.30. The minimum absolute atomic E-state index is 0.141. The Morgan fingerprint density at radius 2 is 1.96 bits per heavy atom. The Morgan fingerprint density at radius 1 is 1.20 bits per heavy atom. The second kappa shape index (κ2) is 6.68. The predicted molar refractivity (Wildman–Crippen MR) is 90.2 cm³/mol. The first-order valence-electron chi connectivity index (χ1n) is 7.71. The first-order valence-corrected chi connectivity index (χ1v) is 7.71. The van der Waals surface area contributed by atoms with Crippen LogP contribution in [-0.4, -0.2) is 37.6 Å². The number of hydrogen-bond acceptors (Lipinski definition) is 6. The zero-order valence-corrected chi connectivity index (χ0v) is 14.1. The molecular formula is C17H17N5O3. The van der Waals surface area contributed by atoms with Gasteiger partial charge in [0, 0.05) is 17.6 Å². The molecule has 2 heterocycles. The van der Waals surface area contributed by atoms with E-state index in [0.717, 1.165) is 11.3 Å². The molecule has 1 amide bonds. The van der Waals surface area contributed by atoms with Crippen LogP contribution in [-0.2, 0) is 9.53 Å². The minimum Gasteiger partial charge on any atom is -0.447 e. The van der Waals surface area contributed by atoms with Crippen molar-refractivity contribution in [1.29, 1.82) is 0 Å². The fraction of sp³-hybridized carbons (Fsp3) is 0.235. The first kappa shape index (κ1) is 16.6. The van der Waals surface area contributed by atoms with Crippen molar-refractivity contribution in [3.63, 3.8) is 0 Å². The van der Waals surface area contributed by atoms with Crippen molar-refractivity contribution >= 4 is 23.3 Å². The Morgan fingerprint density at radius 3 is 2.68 bits per heavy atom. The van der Waals surface area contributed by atoms with Crippen LogP contribution < -0.4 is 5.32 Å². The van der Waals surface area contributed by atoms with Gasteiger partial charge in [0.2, 0.25) is 0 Å². The van der Waals surface area contributed by atoms with Gasteiger partial charge in [0.25, 0.3) is 17.5 Å². The summed E-state index contributed by atoms with van der Waals surface area (Å²) in [5.41, 5.74) is 2.36. The Hall–Kier alpha value is -3.29. The second-order valence-corrected chi connectivity index (χ2v) is 5.59. The highest BCUT2D eigenvalue weighted by molar-refractivity contribution is 5.96. The van der Waals surface area contributed by atoms with Crippen LogP contribution >= 0.6 is 0 Å². The molecule has 0 aliphatic rings. The Balaban J connectivity index is 1.70. The molecule has 128 valence electrons. The maximum atomic E-state index is 12.2. The molecule has 0 fully saturated rings. The van der Waals surface area contributed by atoms with Gasteiger partial charge in [-0.25, -0.2) is 14.3 Å². The Kier molecular flexibility index (Phi) is 4.42. The molecule has 3 aromatic rings. The highest BCUT2D eigenvalue weighted by atomic mass is 16.5. The van der Waals surface area contributed by atoms with E-state index in [1.807, 2.05) is 32.0 Å². The summed E-state index contributed by atoms with van der Waals surface area (Å²) in [6.45, 7) is 5.18. The van der Waals surface area contributed by atoms with Crippen LogP contribution in [0.4, 0.5) is 5.69 Å². The lowest BCUT2D eigenvalue weighted by Gasteiger charge is -2.13. The molecule has 0 saturated heterocycles. The molecule has 0 radical (unpaired) electrons. The molecule has 2 aromatic heterocycles. The number of aryl methyl sites for hydroxylation is 2. The smallest absolute Gasteiger partial charge is 0.379 e. The van der Waals surface area contributed by atoms with E-state index in [9.17, 15) is 9.59 Å². The number of carbonyl (C=O) groups is 2. The highest BCUT2D eigenvalue weighted by Crippen LogP contribution is 2.14. The molecule has 0 spiro atoms. The van der Waals surface area contributed by atoms with E-state index >= 15 is 0 Å². The quantitative estimate of drug-likeness (QED) is 0.729. The number of hydrogen-bond donors (Lipinski definition) is 1. The van der Waals surface area contributed by atoms with E-state index < -0.39 is 18.0 Å². The van der Waals surface area contributed by atoms with Crippen LogP contribution in [0.3, 0.4) is 0 Å². The monoisotopic (exact) mass is 339 g/mol. The Bertz CT molecular complexity index is 950. The molecule has 1 N–H and O–H groups in total. The molecule has 1 atom stereocenters. The summed E-state index contributed by atoms with van der Waals surface area (Å²) in [5.74, 6) is -1.06. The van der Waals surface area contributed by atoms with Crippen LogP contribution in [0.25, 0.3) is 5.78 Å². The number of benzene rings is 1. The van der Waals surface area contributed by atoms with Crippen molar-refractivity contribution in [2.45, 2.75) is 26.9 Å². The molecule has 1 aromatic carbocycles. The van der Waals surface area contributed by atoms with Crippen LogP contribution in [0.1, 0.15) is 28.8 Å². The van der Waals surface area contributed by atoms with Gasteiger partial charge in [-0.2, -0.15) is 4.98 Å². The number of nitrogens with one attached hydrogen (secondary N) is 1. The van der Waals surface area contributed by atoms with Gasteiger partial charge < -0.3 is 10.1 Å². The van der Waals surface area contributed by atoms with Gasteiger partial charge in [-0.05, 0) is 38.5 Å². The van der Waals surface area contributed by atoms with Crippen LogP contribution in [0.2, 0.25) is 0 Å². The second-order valence-electron chi connectivity index (χ2n) is 5.59. The van der Waals surface area contributed by atoms with E-state index in [2.05, 4.69) is 20.4 Å². The van der Waals surface area contributed by atoms with Crippen molar-refractivity contribution in [2.24, 2.45) is 0 Å². The van der Waals surface area contributed by atoms with E-state index in [1.165, 1.54) is 11.4 Å². The molecular weight excluding hydrogens is 322 g/mol. The fourth-order valence-corrected chi connectivity index (χ4v) is 2.21. The molecule has 8 nitrogen and oxygen atoms in total. The lowest BCUT2D eigenvalue weighted by molar-refractivity contribution is -0.123. The van der Waals surface area contributed by atoms with Gasteiger partial charge in [-0.15, -0.1) is 5.10 Å². The number of nitrogens with zero attached hydrogens (tertiary/aromatic N) is 4. The largest absolute Gasteiger partial charge is 0.447 e. The number of rotatable bonds is 4. The van der Waals surface area contributed by atoms with E-state index in [4.69, 9.17) is 4.74 Å². The Labute approximate surface area is 143 Å². The van der Waals surface area contributed by atoms with E-state index in [-0.39, 0.29) is 5.82 Å². The summed E-state index contributed by atoms with van der Waals surface area (Å²) < 4.78 is 6.60. The summed E-state index contributed by atoms with van der Waals surface area (Å²) in [6.07, 6.45) is 0.583. The highest BCUT2D eigenvalue weighted by Gasteiger charge is 2.23. The molecule has 0 saturated carbocycles. The van der Waals surface area contributed by atoms with Crippen LogP contribution in [0.15, 0.2) is 36.5 Å². The summed E-state index contributed by atoms with van der Waals surface area (Å²) in [7, 11) is 0. The summed E-state index contributed by atoms with van der Waals surface area (Å²) >= 11 is 0. The molecule has 1 unspecified atom stereocenters. The molecule has 0 aliphatic heterocycles. The molecule has 25 heavy (non-hydrogen) atoms. The average Bonchev–Trinajstić information content (AvgIpc) is 3.02. The number of esters is 1. The molecule has 0 bridgehead atoms. The maximum absolute atomic E-state index is 12.2. The topological polar surface area (TPSA) is 98.5 Å². The van der Waals surface area contributed by atoms with Crippen molar-refractivity contribution in [3.8, 4) is 0 Å². The number of para-hydroxylation sites is 1. The third kappa shape index (κ3) is 3.47. The standard InChI is InChI=1S/C17H17N5O3/c1-10-6-4-5-7-13(10)19-15(23)12(3)25-16(24)14-20-17-18-9-8-11(2)22(17)21-14/h4-9,12H,1-3H3,(H,19,23). The number of aromatic nitrogens is 4. The predicted octanol–water partition coefficient (Wildman–Crippen LogP) is 1.93. The van der Waals surface area contributed by atoms with Crippen molar-refractivity contribution in [2.75, 3.05) is 5.32 Å². The molecule has 3 rings (SSSR count). The van der Waals surface area contributed by atoms with Crippen LogP contribution in [0.5, 0.6) is 0 Å². The third-order valence-electron chi connectivity index (χ3n) is 3.67. The first-order chi connectivity index (χ1) is 12.0. The van der Waals surface area contributed by atoms with E-state index in [1.54, 1.807) is 18.3 Å². The summed E-state index contributed by atoms with van der Waals surface area (Å²) in [5, 5.41) is 6.79. The number of ether oxygens (including phenoxy) is 1. The van der Waals surface area contributed by atoms with Crippen molar-refractivity contribution < 1.29 is 14.3 Å². The third-order valence-corrected chi connectivity index (χ3v) is 3.67. The molecule has 0 aliphatic carbocycles. The SMILES string of the molecule is Cc1ccccc1NC(=O)C(C)OC(=O)c1nc2nccc(C)n2n1. The van der Waals surface area contributed by atoms with Crippen LogP contribution in [0, 0.1) is 13.8 Å². The average molecular weight is 339 g/mol. The number of anilines is 1. The molecule has 8 heteroatoms.